The molecule has 0 radical (unpaired) electrons. The summed E-state index contributed by atoms with van der Waals surface area (Å²) >= 11 is 0. The van der Waals surface area contributed by atoms with Crippen LogP contribution in [0.3, 0.4) is 0 Å². The van der Waals surface area contributed by atoms with Crippen molar-refractivity contribution in [3.05, 3.63) is 18.2 Å². The molecule has 1 aromatic carbocycles. The number of anilines is 1. The molecule has 1 amide bonds. The summed E-state index contributed by atoms with van der Waals surface area (Å²) in [5.41, 5.74) is 6.36. The molecule has 1 saturated heterocycles. The van der Waals surface area contributed by atoms with E-state index in [2.05, 4.69) is 16.2 Å². The number of sulfonamides is 1. The molecule has 0 bridgehead atoms. The predicted octanol–water partition coefficient (Wildman–Crippen LogP) is -0.0887. The Balaban J connectivity index is 1.64. The summed E-state index contributed by atoms with van der Waals surface area (Å²) in [4.78, 5) is 12.3. The first-order chi connectivity index (χ1) is 12.3. The molecular formula is C16H24N4O5S. The minimum absolute atomic E-state index is 0.252. The Hall–Kier alpha value is -1.88. The zero-order valence-corrected chi connectivity index (χ0v) is 15.8. The first kappa shape index (κ1) is 18.9. The maximum Gasteiger partial charge on any atom is 0.239 e. The van der Waals surface area contributed by atoms with Crippen molar-refractivity contribution >= 4 is 21.6 Å². The minimum atomic E-state index is -3.64. The van der Waals surface area contributed by atoms with E-state index in [0.717, 1.165) is 4.31 Å². The van der Waals surface area contributed by atoms with Gasteiger partial charge in [0.2, 0.25) is 15.9 Å². The van der Waals surface area contributed by atoms with E-state index in [1.165, 1.54) is 7.05 Å². The molecule has 0 saturated carbocycles. The number of nitrogens with one attached hydrogen (secondary N) is 3. The van der Waals surface area contributed by atoms with Crippen molar-refractivity contribution in [3.63, 3.8) is 0 Å². The summed E-state index contributed by atoms with van der Waals surface area (Å²) in [7, 11) is -2.22. The fourth-order valence-electron chi connectivity index (χ4n) is 3.20. The van der Waals surface area contributed by atoms with Crippen molar-refractivity contribution in [2.45, 2.75) is 31.2 Å². The number of rotatable bonds is 5. The van der Waals surface area contributed by atoms with Gasteiger partial charge in [-0.05, 0) is 26.0 Å². The van der Waals surface area contributed by atoms with E-state index in [0.29, 0.717) is 30.4 Å². The van der Waals surface area contributed by atoms with E-state index < -0.39 is 21.2 Å². The van der Waals surface area contributed by atoms with Gasteiger partial charge >= 0.3 is 0 Å². The van der Waals surface area contributed by atoms with Gasteiger partial charge < -0.3 is 14.8 Å². The first-order valence-corrected chi connectivity index (χ1v) is 9.95. The second-order valence-corrected chi connectivity index (χ2v) is 8.74. The molecule has 2 aliphatic heterocycles. The fraction of sp³-hybridized carbons (Fsp3) is 0.562. The molecule has 2 aliphatic rings. The topological polar surface area (TPSA) is 109 Å². The second kappa shape index (κ2) is 7.39. The summed E-state index contributed by atoms with van der Waals surface area (Å²) in [6.45, 7) is 4.25. The maximum absolute atomic E-state index is 12.8. The Morgan fingerprint density at radius 1 is 1.19 bits per heavy atom. The van der Waals surface area contributed by atoms with Crippen molar-refractivity contribution in [2.24, 2.45) is 0 Å². The van der Waals surface area contributed by atoms with Crippen LogP contribution in [0, 0.1) is 0 Å². The van der Waals surface area contributed by atoms with Crippen molar-refractivity contribution in [1.82, 2.24) is 15.2 Å². The number of hydrogen-bond donors (Lipinski definition) is 3. The number of ether oxygens (including phenoxy) is 2. The van der Waals surface area contributed by atoms with Crippen LogP contribution >= 0.6 is 0 Å². The molecule has 0 spiro atoms. The Kier molecular flexibility index (Phi) is 5.37. The number of hydrazine groups is 1. The Bertz CT molecular complexity index is 775. The quantitative estimate of drug-likeness (QED) is 0.651. The summed E-state index contributed by atoms with van der Waals surface area (Å²) in [5, 5.41) is 2.05. The van der Waals surface area contributed by atoms with Gasteiger partial charge in [-0.1, -0.05) is 0 Å². The lowest BCUT2D eigenvalue weighted by molar-refractivity contribution is -0.116. The molecule has 3 rings (SSSR count). The van der Waals surface area contributed by atoms with E-state index in [1.54, 1.807) is 32.0 Å². The van der Waals surface area contributed by atoms with Crippen LogP contribution in [0.4, 0.5) is 5.69 Å². The number of likely N-dealkylation sites (N-methyl/N-ethyl adjacent to an activating group) is 1. The standard InChI is InChI=1S/C16H24N4O5S/c1-10-16(11(2)19-18-10)26(22,23)20(3)9-15(21)17-12-4-5-13-14(8-12)25-7-6-24-13/h4-5,8,10-11,16,18-19H,6-7,9H2,1-3H3,(H,17,21). The number of carbonyl (C=O) groups excluding carboxylic acids is 1. The molecular weight excluding hydrogens is 360 g/mol. The molecule has 3 N–H and O–H groups in total. The first-order valence-electron chi connectivity index (χ1n) is 8.45. The molecule has 0 aromatic heterocycles. The second-order valence-electron chi connectivity index (χ2n) is 6.54. The highest BCUT2D eigenvalue weighted by molar-refractivity contribution is 7.89. The highest BCUT2D eigenvalue weighted by atomic mass is 32.2. The highest BCUT2D eigenvalue weighted by Crippen LogP contribution is 2.32. The molecule has 144 valence electrons. The van der Waals surface area contributed by atoms with Crippen molar-refractivity contribution in [3.8, 4) is 11.5 Å². The smallest absolute Gasteiger partial charge is 0.239 e. The van der Waals surface area contributed by atoms with E-state index in [4.69, 9.17) is 9.47 Å². The lowest BCUT2D eigenvalue weighted by atomic mass is 10.2. The largest absolute Gasteiger partial charge is 0.486 e. The van der Waals surface area contributed by atoms with Gasteiger partial charge in [0.15, 0.2) is 11.5 Å². The predicted molar refractivity (Wildman–Crippen MR) is 96.6 cm³/mol. The number of hydrogen-bond acceptors (Lipinski definition) is 7. The Labute approximate surface area is 153 Å². The van der Waals surface area contributed by atoms with Gasteiger partial charge in [0, 0.05) is 30.9 Å². The number of nitrogens with zero attached hydrogens (tertiary/aromatic N) is 1. The third kappa shape index (κ3) is 3.78. The Morgan fingerprint density at radius 2 is 1.81 bits per heavy atom. The van der Waals surface area contributed by atoms with Gasteiger partial charge in [0.05, 0.1) is 6.54 Å². The van der Waals surface area contributed by atoms with Crippen LogP contribution in [0.2, 0.25) is 0 Å². The van der Waals surface area contributed by atoms with Crippen LogP contribution in [0.5, 0.6) is 11.5 Å². The summed E-state index contributed by atoms with van der Waals surface area (Å²) in [5.74, 6) is 0.755. The summed E-state index contributed by atoms with van der Waals surface area (Å²) in [6.07, 6.45) is 0. The molecule has 26 heavy (non-hydrogen) atoms. The van der Waals surface area contributed by atoms with Gasteiger partial charge in [0.1, 0.15) is 18.5 Å². The zero-order chi connectivity index (χ0) is 18.9. The van der Waals surface area contributed by atoms with Gasteiger partial charge in [0.25, 0.3) is 0 Å². The van der Waals surface area contributed by atoms with E-state index in [1.807, 2.05) is 0 Å². The van der Waals surface area contributed by atoms with E-state index >= 15 is 0 Å². The van der Waals surface area contributed by atoms with Gasteiger partial charge in [-0.3, -0.25) is 15.6 Å². The summed E-state index contributed by atoms with van der Waals surface area (Å²) < 4.78 is 37.5. The minimum Gasteiger partial charge on any atom is -0.486 e. The third-order valence-corrected chi connectivity index (χ3v) is 7.00. The van der Waals surface area contributed by atoms with Gasteiger partial charge in [-0.2, -0.15) is 4.31 Å². The SMILES string of the molecule is CC1NNC(C)C1S(=O)(=O)N(C)CC(=O)Nc1ccc2c(c1)OCCO2. The average molecular weight is 384 g/mol. The van der Waals surface area contributed by atoms with Crippen molar-refractivity contribution in [1.29, 1.82) is 0 Å². The third-order valence-electron chi connectivity index (χ3n) is 4.49. The molecule has 1 fully saturated rings. The summed E-state index contributed by atoms with van der Waals surface area (Å²) in [6, 6.07) is 4.56. The van der Waals surface area contributed by atoms with Crippen LogP contribution in [0.1, 0.15) is 13.8 Å². The number of carbonyl (C=O) groups is 1. The lowest BCUT2D eigenvalue weighted by Gasteiger charge is -2.25. The van der Waals surface area contributed by atoms with Crippen LogP contribution < -0.4 is 25.6 Å². The van der Waals surface area contributed by atoms with E-state index in [-0.39, 0.29) is 18.6 Å². The number of benzene rings is 1. The monoisotopic (exact) mass is 384 g/mol. The Morgan fingerprint density at radius 3 is 2.46 bits per heavy atom. The van der Waals surface area contributed by atoms with Gasteiger partial charge in [-0.25, -0.2) is 8.42 Å². The molecule has 9 nitrogen and oxygen atoms in total. The molecule has 0 aliphatic carbocycles. The van der Waals surface area contributed by atoms with Gasteiger partial charge in [-0.15, -0.1) is 0 Å². The number of fused-ring (bicyclic) bond motifs is 1. The van der Waals surface area contributed by atoms with Crippen LogP contribution in [0.25, 0.3) is 0 Å². The van der Waals surface area contributed by atoms with Crippen molar-refractivity contribution in [2.75, 3.05) is 32.1 Å². The zero-order valence-electron chi connectivity index (χ0n) is 15.0. The maximum atomic E-state index is 12.8. The molecule has 2 atom stereocenters. The average Bonchev–Trinajstić information content (AvgIpc) is 2.93. The lowest BCUT2D eigenvalue weighted by Crippen LogP contribution is -2.47. The van der Waals surface area contributed by atoms with E-state index in [9.17, 15) is 13.2 Å². The normalized spacial score (nSPS) is 25.3. The van der Waals surface area contributed by atoms with Crippen LogP contribution in [0.15, 0.2) is 18.2 Å². The van der Waals surface area contributed by atoms with Crippen LogP contribution in [-0.2, 0) is 14.8 Å². The number of amides is 1. The molecule has 2 heterocycles. The fourth-order valence-corrected chi connectivity index (χ4v) is 5.08. The van der Waals surface area contributed by atoms with Crippen molar-refractivity contribution < 1.29 is 22.7 Å². The molecule has 1 aromatic rings. The molecule has 2 unspecified atom stereocenters. The molecule has 10 heteroatoms. The highest BCUT2D eigenvalue weighted by Gasteiger charge is 2.42. The van der Waals surface area contributed by atoms with Crippen LogP contribution in [-0.4, -0.2) is 62.8 Å².